The van der Waals surface area contributed by atoms with Gasteiger partial charge in [0.25, 0.3) is 0 Å². The maximum Gasteiger partial charge on any atom is 0.338 e. The Morgan fingerprint density at radius 2 is 1.68 bits per heavy atom. The Kier molecular flexibility index (Phi) is 5.59. The number of fused-ring (bicyclic) bond motifs is 1. The quantitative estimate of drug-likeness (QED) is 0.316. The molecule has 2 rings (SSSR count). The predicted octanol–water partition coefficient (Wildman–Crippen LogP) is 4.89. The van der Waals surface area contributed by atoms with Gasteiger partial charge in [-0.1, -0.05) is 50.6 Å². The fourth-order valence-electron chi connectivity index (χ4n) is 2.18. The Morgan fingerprint density at radius 1 is 1.05 bits per heavy atom. The molecule has 0 aliphatic heterocycles. The van der Waals surface area contributed by atoms with Crippen LogP contribution in [0.2, 0.25) is 0 Å². The highest BCUT2D eigenvalue weighted by Crippen LogP contribution is 2.33. The van der Waals surface area contributed by atoms with Crippen LogP contribution in [0, 0.1) is 0 Å². The number of benzene rings is 2. The molecule has 3 heteroatoms. The van der Waals surface area contributed by atoms with Gasteiger partial charge in [0, 0.05) is 16.3 Å². The third-order valence-electron chi connectivity index (χ3n) is 3.40. The topological polar surface area (TPSA) is 35.5 Å². The Balaban J connectivity index is 2.26. The molecule has 0 bridgehead atoms. The molecular formula is C19H22O3. The number of hydrogen-bond donors (Lipinski definition) is 0. The summed E-state index contributed by atoms with van der Waals surface area (Å²) in [6.07, 6.45) is 3.36. The van der Waals surface area contributed by atoms with Crippen LogP contribution in [0.25, 0.3) is 10.8 Å². The molecule has 2 aromatic carbocycles. The first-order valence-electron chi connectivity index (χ1n) is 7.65. The average Bonchev–Trinajstić information content (AvgIpc) is 2.53. The monoisotopic (exact) mass is 298 g/mol. The molecule has 0 amide bonds. The highest BCUT2D eigenvalue weighted by molar-refractivity contribution is 5.97. The van der Waals surface area contributed by atoms with E-state index in [9.17, 15) is 4.79 Å². The Bertz CT molecular complexity index is 673. The summed E-state index contributed by atoms with van der Waals surface area (Å²) in [6, 6.07) is 11.4. The van der Waals surface area contributed by atoms with Gasteiger partial charge >= 0.3 is 5.97 Å². The van der Waals surface area contributed by atoms with Crippen molar-refractivity contribution in [3.05, 3.63) is 48.6 Å². The molecule has 0 aliphatic carbocycles. The summed E-state index contributed by atoms with van der Waals surface area (Å²) >= 11 is 0. The molecule has 0 spiro atoms. The minimum Gasteiger partial charge on any atom is -0.493 e. The van der Waals surface area contributed by atoms with Gasteiger partial charge in [0.2, 0.25) is 0 Å². The zero-order chi connectivity index (χ0) is 15.9. The van der Waals surface area contributed by atoms with E-state index in [4.69, 9.17) is 9.47 Å². The normalized spacial score (nSPS) is 10.5. The Hall–Kier alpha value is -2.29. The Labute approximate surface area is 131 Å². The van der Waals surface area contributed by atoms with E-state index in [-0.39, 0.29) is 0 Å². The molecule has 22 heavy (non-hydrogen) atoms. The van der Waals surface area contributed by atoms with Crippen LogP contribution < -0.4 is 9.47 Å². The van der Waals surface area contributed by atoms with Crippen molar-refractivity contribution in [2.45, 2.75) is 33.1 Å². The lowest BCUT2D eigenvalue weighted by Crippen LogP contribution is -2.08. The van der Waals surface area contributed by atoms with E-state index in [1.165, 1.54) is 6.42 Å². The first-order chi connectivity index (χ1) is 10.6. The average molecular weight is 298 g/mol. The fourth-order valence-corrected chi connectivity index (χ4v) is 2.18. The molecule has 0 saturated carbocycles. The van der Waals surface area contributed by atoms with Gasteiger partial charge in [0.05, 0.1) is 6.61 Å². The third-order valence-corrected chi connectivity index (χ3v) is 3.40. The molecule has 0 aromatic heterocycles. The van der Waals surface area contributed by atoms with Crippen molar-refractivity contribution in [1.82, 2.24) is 0 Å². The van der Waals surface area contributed by atoms with Crippen LogP contribution in [-0.4, -0.2) is 12.6 Å². The number of rotatable bonds is 7. The van der Waals surface area contributed by atoms with Crippen LogP contribution in [-0.2, 0) is 4.79 Å². The van der Waals surface area contributed by atoms with Crippen LogP contribution in [0.3, 0.4) is 0 Å². The predicted molar refractivity (Wildman–Crippen MR) is 89.4 cm³/mol. The second kappa shape index (κ2) is 7.64. The lowest BCUT2D eigenvalue weighted by Gasteiger charge is -2.12. The van der Waals surface area contributed by atoms with Gasteiger partial charge in [0.1, 0.15) is 11.5 Å². The van der Waals surface area contributed by atoms with Crippen LogP contribution in [0.5, 0.6) is 11.5 Å². The lowest BCUT2D eigenvalue weighted by molar-refractivity contribution is -0.129. The molecular weight excluding hydrogens is 276 g/mol. The van der Waals surface area contributed by atoms with Crippen LogP contribution >= 0.6 is 0 Å². The molecule has 0 saturated heterocycles. The molecule has 0 fully saturated rings. The number of carbonyl (C=O) groups is 1. The summed E-state index contributed by atoms with van der Waals surface area (Å²) in [5.74, 6) is 0.938. The summed E-state index contributed by atoms with van der Waals surface area (Å²) < 4.78 is 11.3. The highest BCUT2D eigenvalue weighted by Gasteiger charge is 2.11. The second-order valence-corrected chi connectivity index (χ2v) is 5.33. The summed E-state index contributed by atoms with van der Waals surface area (Å²) in [4.78, 5) is 11.7. The van der Waals surface area contributed by atoms with E-state index in [2.05, 4.69) is 13.5 Å². The van der Waals surface area contributed by atoms with Crippen molar-refractivity contribution < 1.29 is 14.3 Å². The molecule has 2 aromatic rings. The van der Waals surface area contributed by atoms with Crippen molar-refractivity contribution in [3.8, 4) is 11.5 Å². The van der Waals surface area contributed by atoms with Gasteiger partial charge < -0.3 is 9.47 Å². The maximum absolute atomic E-state index is 11.7. The first-order valence-corrected chi connectivity index (χ1v) is 7.65. The van der Waals surface area contributed by atoms with E-state index in [1.807, 2.05) is 30.3 Å². The van der Waals surface area contributed by atoms with E-state index < -0.39 is 5.97 Å². The lowest BCUT2D eigenvalue weighted by atomic mass is 10.1. The van der Waals surface area contributed by atoms with Crippen LogP contribution in [0.1, 0.15) is 33.1 Å². The van der Waals surface area contributed by atoms with Gasteiger partial charge in [0.15, 0.2) is 0 Å². The molecule has 0 heterocycles. The first kappa shape index (κ1) is 16.1. The summed E-state index contributed by atoms with van der Waals surface area (Å²) in [6.45, 7) is 8.11. The third kappa shape index (κ3) is 3.88. The summed E-state index contributed by atoms with van der Waals surface area (Å²) in [7, 11) is 0. The minimum absolute atomic E-state index is 0.379. The van der Waals surface area contributed by atoms with Gasteiger partial charge in [-0.25, -0.2) is 4.79 Å². The van der Waals surface area contributed by atoms with Crippen LogP contribution in [0.4, 0.5) is 0 Å². The zero-order valence-electron chi connectivity index (χ0n) is 13.2. The minimum atomic E-state index is -0.415. The van der Waals surface area contributed by atoms with Crippen molar-refractivity contribution >= 4 is 16.7 Å². The number of carbonyl (C=O) groups excluding carboxylic acids is 1. The van der Waals surface area contributed by atoms with Crippen molar-refractivity contribution in [1.29, 1.82) is 0 Å². The van der Waals surface area contributed by atoms with Gasteiger partial charge in [-0.05, 0) is 25.5 Å². The van der Waals surface area contributed by atoms with E-state index in [1.54, 1.807) is 13.0 Å². The van der Waals surface area contributed by atoms with E-state index in [0.717, 1.165) is 29.4 Å². The molecule has 0 radical (unpaired) electrons. The number of ether oxygens (including phenoxy) is 2. The molecule has 0 unspecified atom stereocenters. The number of hydrogen-bond acceptors (Lipinski definition) is 3. The number of esters is 1. The Morgan fingerprint density at radius 3 is 2.32 bits per heavy atom. The molecule has 0 atom stereocenters. The summed E-state index contributed by atoms with van der Waals surface area (Å²) in [5, 5.41) is 1.82. The molecule has 0 aliphatic rings. The fraction of sp³-hybridized carbons (Fsp3) is 0.316. The van der Waals surface area contributed by atoms with Crippen molar-refractivity contribution in [3.63, 3.8) is 0 Å². The smallest absolute Gasteiger partial charge is 0.338 e. The molecule has 0 N–H and O–H groups in total. The van der Waals surface area contributed by atoms with Gasteiger partial charge in [-0.3, -0.25) is 0 Å². The SMILES string of the molecule is C=C(C)C(=O)Oc1ccc(OCCCCC)c2ccccc12. The van der Waals surface area contributed by atoms with Crippen molar-refractivity contribution in [2.75, 3.05) is 6.61 Å². The highest BCUT2D eigenvalue weighted by atomic mass is 16.5. The molecule has 3 nitrogen and oxygen atoms in total. The standard InChI is InChI=1S/C19H22O3/c1-4-5-8-13-21-17-11-12-18(22-19(20)14(2)3)16-10-7-6-9-15(16)17/h6-7,9-12H,2,4-5,8,13H2,1,3H3. The van der Waals surface area contributed by atoms with E-state index >= 15 is 0 Å². The van der Waals surface area contributed by atoms with Gasteiger partial charge in [-0.15, -0.1) is 0 Å². The number of unbranched alkanes of at least 4 members (excludes halogenated alkanes) is 2. The largest absolute Gasteiger partial charge is 0.493 e. The zero-order valence-corrected chi connectivity index (χ0v) is 13.2. The van der Waals surface area contributed by atoms with Crippen LogP contribution in [0.15, 0.2) is 48.6 Å². The van der Waals surface area contributed by atoms with Crippen molar-refractivity contribution in [2.24, 2.45) is 0 Å². The summed E-state index contributed by atoms with van der Waals surface area (Å²) in [5.41, 5.74) is 0.379. The second-order valence-electron chi connectivity index (χ2n) is 5.33. The molecule has 116 valence electrons. The van der Waals surface area contributed by atoms with E-state index in [0.29, 0.717) is 17.9 Å². The van der Waals surface area contributed by atoms with Gasteiger partial charge in [-0.2, -0.15) is 0 Å². The maximum atomic E-state index is 11.7.